The number of hydrogen-bond acceptors (Lipinski definition) is 4. The van der Waals surface area contributed by atoms with Gasteiger partial charge in [-0.2, -0.15) is 0 Å². The van der Waals surface area contributed by atoms with Crippen molar-refractivity contribution in [2.24, 2.45) is 0 Å². The number of carbonyl (C=O) groups is 1. The topological polar surface area (TPSA) is 50.8 Å². The molecule has 2 aromatic rings. The van der Waals surface area contributed by atoms with Crippen LogP contribution >= 0.6 is 0 Å². The Labute approximate surface area is 159 Å². The number of carbonyl (C=O) groups excluding carboxylic acids is 1. The van der Waals surface area contributed by atoms with Crippen LogP contribution in [0.3, 0.4) is 0 Å². The molecule has 1 aliphatic heterocycles. The molecule has 1 heterocycles. The molecule has 0 spiro atoms. The van der Waals surface area contributed by atoms with Crippen LogP contribution < -0.4 is 10.1 Å². The highest BCUT2D eigenvalue weighted by Gasteiger charge is 2.16. The Morgan fingerprint density at radius 1 is 1.26 bits per heavy atom. The smallest absolute Gasteiger partial charge is 0.258 e. The first-order chi connectivity index (χ1) is 13.1. The van der Waals surface area contributed by atoms with Gasteiger partial charge in [0.05, 0.1) is 12.7 Å². The molecule has 1 atom stereocenters. The Kier molecular flexibility index (Phi) is 6.79. The first-order valence-electron chi connectivity index (χ1n) is 9.15. The highest BCUT2D eigenvalue weighted by molar-refractivity contribution is 5.77. The van der Waals surface area contributed by atoms with Crippen LogP contribution in [0.15, 0.2) is 48.5 Å². The van der Waals surface area contributed by atoms with Crippen molar-refractivity contribution in [2.45, 2.75) is 26.1 Å². The molecule has 1 fully saturated rings. The zero-order valence-electron chi connectivity index (χ0n) is 15.5. The Balaban J connectivity index is 1.45. The van der Waals surface area contributed by atoms with Gasteiger partial charge in [0.15, 0.2) is 6.61 Å². The number of amides is 1. The number of rotatable bonds is 7. The normalized spacial score (nSPS) is 17.5. The zero-order chi connectivity index (χ0) is 19.1. The summed E-state index contributed by atoms with van der Waals surface area (Å²) in [5, 5.41) is 2.83. The fourth-order valence-corrected chi connectivity index (χ4v) is 3.09. The Morgan fingerprint density at radius 3 is 2.89 bits per heavy atom. The molecule has 3 rings (SSSR count). The van der Waals surface area contributed by atoms with Gasteiger partial charge >= 0.3 is 0 Å². The summed E-state index contributed by atoms with van der Waals surface area (Å²) in [5.74, 6) is -0.294. The maximum absolute atomic E-state index is 13.1. The average Bonchev–Trinajstić information content (AvgIpc) is 2.65. The molecule has 6 heteroatoms. The van der Waals surface area contributed by atoms with Gasteiger partial charge in [0.2, 0.25) is 0 Å². The van der Waals surface area contributed by atoms with Crippen molar-refractivity contribution < 1.29 is 18.7 Å². The third kappa shape index (κ3) is 6.34. The van der Waals surface area contributed by atoms with E-state index in [1.165, 1.54) is 17.7 Å². The summed E-state index contributed by atoms with van der Waals surface area (Å²) < 4.78 is 24.0. The van der Waals surface area contributed by atoms with E-state index >= 15 is 0 Å². The molecule has 0 aromatic heterocycles. The SMILES string of the molecule is CC1CN(Cc2cccc(CNC(=O)COc3cccc(F)c3)c2)CCO1. The first kappa shape index (κ1) is 19.3. The van der Waals surface area contributed by atoms with Gasteiger partial charge in [-0.25, -0.2) is 4.39 Å². The number of morpholine rings is 1. The summed E-state index contributed by atoms with van der Waals surface area (Å²) >= 11 is 0. The largest absolute Gasteiger partial charge is 0.484 e. The van der Waals surface area contributed by atoms with Crippen LogP contribution in [0.5, 0.6) is 5.75 Å². The lowest BCUT2D eigenvalue weighted by Gasteiger charge is -2.31. The molecule has 5 nitrogen and oxygen atoms in total. The predicted octanol–water partition coefficient (Wildman–Crippen LogP) is 2.74. The summed E-state index contributed by atoms with van der Waals surface area (Å²) in [4.78, 5) is 14.3. The fraction of sp³-hybridized carbons (Fsp3) is 0.381. The van der Waals surface area contributed by atoms with Gasteiger partial charge < -0.3 is 14.8 Å². The van der Waals surface area contributed by atoms with E-state index in [4.69, 9.17) is 9.47 Å². The van der Waals surface area contributed by atoms with Crippen LogP contribution in [0.25, 0.3) is 0 Å². The summed E-state index contributed by atoms with van der Waals surface area (Å²) in [6.07, 6.45) is 0.263. The predicted molar refractivity (Wildman–Crippen MR) is 101 cm³/mol. The van der Waals surface area contributed by atoms with Crippen molar-refractivity contribution in [3.05, 3.63) is 65.5 Å². The van der Waals surface area contributed by atoms with Crippen molar-refractivity contribution in [1.29, 1.82) is 0 Å². The quantitative estimate of drug-likeness (QED) is 0.812. The molecule has 1 unspecified atom stereocenters. The Hall–Kier alpha value is -2.44. The minimum atomic E-state index is -0.389. The zero-order valence-corrected chi connectivity index (χ0v) is 15.5. The van der Waals surface area contributed by atoms with Gasteiger partial charge in [-0.1, -0.05) is 30.3 Å². The van der Waals surface area contributed by atoms with E-state index in [9.17, 15) is 9.18 Å². The number of ether oxygens (including phenoxy) is 2. The molecular weight excluding hydrogens is 347 g/mol. The third-order valence-electron chi connectivity index (χ3n) is 4.38. The van der Waals surface area contributed by atoms with Gasteiger partial charge in [0.25, 0.3) is 5.91 Å². The highest BCUT2D eigenvalue weighted by atomic mass is 19.1. The lowest BCUT2D eigenvalue weighted by molar-refractivity contribution is -0.123. The lowest BCUT2D eigenvalue weighted by Crippen LogP contribution is -2.40. The molecule has 0 bridgehead atoms. The van der Waals surface area contributed by atoms with E-state index < -0.39 is 0 Å². The second-order valence-electron chi connectivity index (χ2n) is 6.76. The fourth-order valence-electron chi connectivity index (χ4n) is 3.09. The Morgan fingerprint density at radius 2 is 2.07 bits per heavy atom. The molecule has 0 radical (unpaired) electrons. The molecule has 1 amide bonds. The summed E-state index contributed by atoms with van der Waals surface area (Å²) in [7, 11) is 0. The number of nitrogens with zero attached hydrogens (tertiary/aromatic N) is 1. The monoisotopic (exact) mass is 372 g/mol. The number of benzene rings is 2. The van der Waals surface area contributed by atoms with Gasteiger partial charge in [-0.3, -0.25) is 9.69 Å². The molecule has 1 aliphatic rings. The van der Waals surface area contributed by atoms with Gasteiger partial charge in [-0.05, 0) is 30.2 Å². The van der Waals surface area contributed by atoms with Crippen molar-refractivity contribution in [1.82, 2.24) is 10.2 Å². The molecule has 27 heavy (non-hydrogen) atoms. The lowest BCUT2D eigenvalue weighted by atomic mass is 10.1. The summed E-state index contributed by atoms with van der Waals surface area (Å²) in [6, 6.07) is 13.9. The molecule has 2 aromatic carbocycles. The molecule has 144 valence electrons. The van der Waals surface area contributed by atoms with Crippen LogP contribution in [-0.2, 0) is 22.6 Å². The van der Waals surface area contributed by atoms with Crippen LogP contribution in [0.2, 0.25) is 0 Å². The summed E-state index contributed by atoms with van der Waals surface area (Å²) in [5.41, 5.74) is 2.25. The van der Waals surface area contributed by atoms with E-state index in [-0.39, 0.29) is 24.4 Å². The maximum Gasteiger partial charge on any atom is 0.258 e. The molecule has 0 saturated carbocycles. The van der Waals surface area contributed by atoms with Crippen LogP contribution in [-0.4, -0.2) is 43.2 Å². The van der Waals surface area contributed by atoms with Crippen molar-refractivity contribution in [3.8, 4) is 5.75 Å². The summed E-state index contributed by atoms with van der Waals surface area (Å²) in [6.45, 7) is 5.87. The van der Waals surface area contributed by atoms with Crippen molar-refractivity contribution >= 4 is 5.91 Å². The van der Waals surface area contributed by atoms with Gasteiger partial charge in [-0.15, -0.1) is 0 Å². The van der Waals surface area contributed by atoms with Crippen LogP contribution in [0.1, 0.15) is 18.1 Å². The van der Waals surface area contributed by atoms with Crippen LogP contribution in [0.4, 0.5) is 4.39 Å². The van der Waals surface area contributed by atoms with E-state index in [1.54, 1.807) is 12.1 Å². The van der Waals surface area contributed by atoms with E-state index in [2.05, 4.69) is 29.3 Å². The molecular formula is C21H25FN2O3. The minimum Gasteiger partial charge on any atom is -0.484 e. The minimum absolute atomic E-state index is 0.144. The van der Waals surface area contributed by atoms with Gasteiger partial charge in [0.1, 0.15) is 11.6 Å². The number of nitrogens with one attached hydrogen (secondary N) is 1. The van der Waals surface area contributed by atoms with Crippen LogP contribution in [0, 0.1) is 5.82 Å². The number of halogens is 1. The van der Waals surface area contributed by atoms with E-state index in [0.29, 0.717) is 12.3 Å². The average molecular weight is 372 g/mol. The third-order valence-corrected chi connectivity index (χ3v) is 4.38. The standard InChI is InChI=1S/C21H25FN2O3/c1-16-13-24(8-9-26-16)14-18-5-2-4-17(10-18)12-23-21(25)15-27-20-7-3-6-19(22)11-20/h2-7,10-11,16H,8-9,12-15H2,1H3,(H,23,25). The van der Waals surface area contributed by atoms with Crippen molar-refractivity contribution in [3.63, 3.8) is 0 Å². The highest BCUT2D eigenvalue weighted by Crippen LogP contribution is 2.13. The first-order valence-corrected chi connectivity index (χ1v) is 9.15. The van der Waals surface area contributed by atoms with Crippen molar-refractivity contribution in [2.75, 3.05) is 26.3 Å². The maximum atomic E-state index is 13.1. The van der Waals surface area contributed by atoms with E-state index in [1.807, 2.05) is 12.1 Å². The van der Waals surface area contributed by atoms with Gasteiger partial charge in [0, 0.05) is 32.2 Å². The second-order valence-corrected chi connectivity index (χ2v) is 6.76. The molecule has 1 N–H and O–H groups in total. The second kappa shape index (κ2) is 9.48. The Bertz CT molecular complexity index is 769. The molecule has 1 saturated heterocycles. The molecule has 0 aliphatic carbocycles. The van der Waals surface area contributed by atoms with E-state index in [0.717, 1.165) is 31.8 Å². The number of hydrogen-bond donors (Lipinski definition) is 1.